The predicted octanol–water partition coefficient (Wildman–Crippen LogP) is 3.85. The quantitative estimate of drug-likeness (QED) is 0.889. The Bertz CT molecular complexity index is 642. The standard InChI is InChI=1S/C20H28FN3O2/c21-16-12-17(14-18(13-16)23-8-10-26-11-9-23)22-20(25)24-7-3-6-19(24)15-4-1-2-5-15/h12-15,19H,1-11H2,(H,22,25)/t19-/m0/s1. The summed E-state index contributed by atoms with van der Waals surface area (Å²) in [7, 11) is 0. The van der Waals surface area contributed by atoms with Crippen molar-refractivity contribution >= 4 is 17.4 Å². The van der Waals surface area contributed by atoms with Crippen LogP contribution in [-0.2, 0) is 4.74 Å². The molecule has 1 aliphatic carbocycles. The monoisotopic (exact) mass is 361 g/mol. The summed E-state index contributed by atoms with van der Waals surface area (Å²) in [5, 5.41) is 2.95. The van der Waals surface area contributed by atoms with Crippen LogP contribution < -0.4 is 10.2 Å². The Labute approximate surface area is 154 Å². The highest BCUT2D eigenvalue weighted by molar-refractivity contribution is 5.90. The number of rotatable bonds is 3. The van der Waals surface area contributed by atoms with E-state index in [1.807, 2.05) is 11.0 Å². The lowest BCUT2D eigenvalue weighted by atomic mass is 9.96. The van der Waals surface area contributed by atoms with Crippen LogP contribution in [0.4, 0.5) is 20.6 Å². The van der Waals surface area contributed by atoms with Crippen LogP contribution in [0.2, 0.25) is 0 Å². The van der Waals surface area contributed by atoms with Crippen molar-refractivity contribution in [2.45, 2.75) is 44.6 Å². The Morgan fingerprint density at radius 3 is 2.58 bits per heavy atom. The van der Waals surface area contributed by atoms with E-state index in [0.717, 1.165) is 38.2 Å². The number of benzene rings is 1. The van der Waals surface area contributed by atoms with E-state index in [1.165, 1.54) is 37.8 Å². The lowest BCUT2D eigenvalue weighted by Gasteiger charge is -2.30. The maximum absolute atomic E-state index is 14.1. The van der Waals surface area contributed by atoms with E-state index in [4.69, 9.17) is 4.74 Å². The van der Waals surface area contributed by atoms with Gasteiger partial charge in [0.25, 0.3) is 0 Å². The summed E-state index contributed by atoms with van der Waals surface area (Å²) >= 11 is 0. The maximum atomic E-state index is 14.1. The summed E-state index contributed by atoms with van der Waals surface area (Å²) in [6, 6.07) is 5.07. The van der Waals surface area contributed by atoms with Crippen molar-refractivity contribution < 1.29 is 13.9 Å². The second kappa shape index (κ2) is 7.82. The summed E-state index contributed by atoms with van der Waals surface area (Å²) in [6.07, 6.45) is 7.19. The van der Waals surface area contributed by atoms with E-state index >= 15 is 0 Å². The third-order valence-corrected chi connectivity index (χ3v) is 6.01. The summed E-state index contributed by atoms with van der Waals surface area (Å²) in [5.41, 5.74) is 1.34. The van der Waals surface area contributed by atoms with Gasteiger partial charge in [0.2, 0.25) is 0 Å². The molecule has 2 aliphatic heterocycles. The highest BCUT2D eigenvalue weighted by atomic mass is 19.1. The fraction of sp³-hybridized carbons (Fsp3) is 0.650. The molecule has 0 radical (unpaired) electrons. The molecule has 1 aromatic rings. The molecule has 2 saturated heterocycles. The van der Waals surface area contributed by atoms with Crippen molar-refractivity contribution in [3.05, 3.63) is 24.0 Å². The normalized spacial score (nSPS) is 24.3. The average molecular weight is 361 g/mol. The van der Waals surface area contributed by atoms with Crippen LogP contribution in [0.5, 0.6) is 0 Å². The number of carbonyl (C=O) groups is 1. The number of amides is 2. The molecule has 1 aromatic carbocycles. The molecular weight excluding hydrogens is 333 g/mol. The number of halogens is 1. The summed E-state index contributed by atoms with van der Waals surface area (Å²) < 4.78 is 19.5. The molecule has 1 N–H and O–H groups in total. The van der Waals surface area contributed by atoms with Gasteiger partial charge in [-0.2, -0.15) is 0 Å². The van der Waals surface area contributed by atoms with Gasteiger partial charge in [-0.3, -0.25) is 0 Å². The largest absolute Gasteiger partial charge is 0.378 e. The third kappa shape index (κ3) is 3.80. The SMILES string of the molecule is O=C(Nc1cc(F)cc(N2CCOCC2)c1)N1CCC[C@H]1C1CCCC1. The van der Waals surface area contributed by atoms with Gasteiger partial charge >= 0.3 is 6.03 Å². The topological polar surface area (TPSA) is 44.8 Å². The molecule has 0 spiro atoms. The second-order valence-corrected chi connectivity index (χ2v) is 7.68. The number of nitrogens with one attached hydrogen (secondary N) is 1. The van der Waals surface area contributed by atoms with Crippen LogP contribution in [0.3, 0.4) is 0 Å². The minimum Gasteiger partial charge on any atom is -0.378 e. The van der Waals surface area contributed by atoms with Crippen LogP contribution in [0.1, 0.15) is 38.5 Å². The van der Waals surface area contributed by atoms with Gasteiger partial charge in [-0.1, -0.05) is 12.8 Å². The number of ether oxygens (including phenoxy) is 1. The summed E-state index contributed by atoms with van der Waals surface area (Å²) in [4.78, 5) is 16.9. The zero-order chi connectivity index (χ0) is 17.9. The van der Waals surface area contributed by atoms with Crippen LogP contribution in [0.15, 0.2) is 18.2 Å². The molecule has 1 atom stereocenters. The number of morpholine rings is 1. The molecule has 0 bridgehead atoms. The predicted molar refractivity (Wildman–Crippen MR) is 100 cm³/mol. The Morgan fingerprint density at radius 1 is 1.04 bits per heavy atom. The lowest BCUT2D eigenvalue weighted by Crippen LogP contribution is -2.42. The van der Waals surface area contributed by atoms with Crippen LogP contribution in [0, 0.1) is 11.7 Å². The summed E-state index contributed by atoms with van der Waals surface area (Å²) in [6.45, 7) is 3.59. The number of anilines is 2. The number of urea groups is 1. The molecule has 0 aromatic heterocycles. The Balaban J connectivity index is 1.45. The minimum absolute atomic E-state index is 0.0853. The van der Waals surface area contributed by atoms with Crippen molar-refractivity contribution in [2.24, 2.45) is 5.92 Å². The van der Waals surface area contributed by atoms with Crippen molar-refractivity contribution in [1.82, 2.24) is 4.90 Å². The molecule has 5 nitrogen and oxygen atoms in total. The first-order valence-corrected chi connectivity index (χ1v) is 9.91. The maximum Gasteiger partial charge on any atom is 0.322 e. The number of nitrogens with zero attached hydrogens (tertiary/aromatic N) is 2. The van der Waals surface area contributed by atoms with Crippen molar-refractivity contribution in [2.75, 3.05) is 43.1 Å². The molecule has 2 amide bonds. The third-order valence-electron chi connectivity index (χ3n) is 6.01. The van der Waals surface area contributed by atoms with Gasteiger partial charge in [-0.05, 0) is 49.8 Å². The second-order valence-electron chi connectivity index (χ2n) is 7.68. The van der Waals surface area contributed by atoms with E-state index in [9.17, 15) is 9.18 Å². The molecule has 0 unspecified atom stereocenters. The van der Waals surface area contributed by atoms with E-state index in [1.54, 1.807) is 0 Å². The Morgan fingerprint density at radius 2 is 1.81 bits per heavy atom. The number of hydrogen-bond acceptors (Lipinski definition) is 3. The molecule has 6 heteroatoms. The van der Waals surface area contributed by atoms with Crippen LogP contribution >= 0.6 is 0 Å². The first-order valence-electron chi connectivity index (χ1n) is 9.91. The lowest BCUT2D eigenvalue weighted by molar-refractivity contribution is 0.122. The summed E-state index contributed by atoms with van der Waals surface area (Å²) in [5.74, 6) is 0.317. The number of carbonyl (C=O) groups excluding carboxylic acids is 1. The van der Waals surface area contributed by atoms with Crippen LogP contribution in [-0.4, -0.2) is 49.8 Å². The zero-order valence-electron chi connectivity index (χ0n) is 15.3. The van der Waals surface area contributed by atoms with Crippen LogP contribution in [0.25, 0.3) is 0 Å². The van der Waals surface area contributed by atoms with Crippen molar-refractivity contribution in [3.8, 4) is 0 Å². The smallest absolute Gasteiger partial charge is 0.322 e. The molecule has 4 rings (SSSR count). The molecule has 1 saturated carbocycles. The van der Waals surface area contributed by atoms with E-state index in [-0.39, 0.29) is 11.8 Å². The van der Waals surface area contributed by atoms with Gasteiger partial charge in [-0.25, -0.2) is 9.18 Å². The van der Waals surface area contributed by atoms with Gasteiger partial charge in [-0.15, -0.1) is 0 Å². The van der Waals surface area contributed by atoms with Gasteiger partial charge in [0.05, 0.1) is 13.2 Å². The number of likely N-dealkylation sites (tertiary alicyclic amines) is 1. The molecule has 3 aliphatic rings. The zero-order valence-corrected chi connectivity index (χ0v) is 15.3. The van der Waals surface area contributed by atoms with Crippen molar-refractivity contribution in [3.63, 3.8) is 0 Å². The first-order chi connectivity index (χ1) is 12.7. The van der Waals surface area contributed by atoms with E-state index in [2.05, 4.69) is 10.2 Å². The Hall–Kier alpha value is -1.82. The molecule has 3 fully saturated rings. The Kier molecular flexibility index (Phi) is 5.29. The van der Waals surface area contributed by atoms with Gasteiger partial charge in [0, 0.05) is 37.1 Å². The minimum atomic E-state index is -0.321. The molecule has 2 heterocycles. The highest BCUT2D eigenvalue weighted by Gasteiger charge is 2.36. The van der Waals surface area contributed by atoms with Gasteiger partial charge < -0.3 is 19.9 Å². The molecule has 26 heavy (non-hydrogen) atoms. The average Bonchev–Trinajstić information content (AvgIpc) is 3.33. The number of hydrogen-bond donors (Lipinski definition) is 1. The fourth-order valence-corrected chi connectivity index (χ4v) is 4.72. The molecular formula is C20H28FN3O2. The molecule has 142 valence electrons. The highest BCUT2D eigenvalue weighted by Crippen LogP contribution is 2.35. The van der Waals surface area contributed by atoms with Gasteiger partial charge in [0.1, 0.15) is 5.82 Å². The fourth-order valence-electron chi connectivity index (χ4n) is 4.72. The van der Waals surface area contributed by atoms with Gasteiger partial charge in [0.15, 0.2) is 0 Å². The van der Waals surface area contributed by atoms with Crippen molar-refractivity contribution in [1.29, 1.82) is 0 Å². The van der Waals surface area contributed by atoms with E-state index < -0.39 is 0 Å². The first kappa shape index (κ1) is 17.6. The van der Waals surface area contributed by atoms with E-state index in [0.29, 0.717) is 30.9 Å².